The lowest BCUT2D eigenvalue weighted by Gasteiger charge is -2.31. The Bertz CT molecular complexity index is 1640. The molecule has 1 aromatic heterocycles. The molecule has 1 unspecified atom stereocenters. The van der Waals surface area contributed by atoms with Gasteiger partial charge in [-0.25, -0.2) is 4.99 Å². The molecule has 1 N–H and O–H groups in total. The summed E-state index contributed by atoms with van der Waals surface area (Å²) in [6.45, 7) is 0. The van der Waals surface area contributed by atoms with E-state index in [2.05, 4.69) is 10.3 Å². The molecule has 0 saturated carbocycles. The molecule has 6 heteroatoms. The number of rotatable bonds is 4. The Morgan fingerprint density at radius 1 is 0.757 bits per heavy atom. The molecule has 4 aromatic carbocycles. The summed E-state index contributed by atoms with van der Waals surface area (Å²) in [6, 6.07) is 34.3. The second-order valence-corrected chi connectivity index (χ2v) is 8.66. The maximum Gasteiger partial charge on any atom is 0.260 e. The van der Waals surface area contributed by atoms with Crippen LogP contribution in [-0.2, 0) is 4.79 Å². The minimum absolute atomic E-state index is 0.320. The van der Waals surface area contributed by atoms with E-state index < -0.39 is 6.04 Å². The summed E-state index contributed by atoms with van der Waals surface area (Å²) in [5.41, 5.74) is 4.21. The smallest absolute Gasteiger partial charge is 0.260 e. The summed E-state index contributed by atoms with van der Waals surface area (Å²) in [5, 5.41) is 3.72. The van der Waals surface area contributed by atoms with Gasteiger partial charge in [-0.2, -0.15) is 0 Å². The van der Waals surface area contributed by atoms with Crippen molar-refractivity contribution in [3.05, 3.63) is 133 Å². The van der Waals surface area contributed by atoms with Gasteiger partial charge in [-0.3, -0.25) is 19.5 Å². The summed E-state index contributed by atoms with van der Waals surface area (Å²) in [6.07, 6.45) is 1.62. The van der Waals surface area contributed by atoms with Crippen molar-refractivity contribution in [2.45, 2.75) is 6.04 Å². The predicted molar refractivity (Wildman–Crippen MR) is 146 cm³/mol. The lowest BCUT2D eigenvalue weighted by atomic mass is 9.98. The average Bonchev–Trinajstić information content (AvgIpc) is 3.10. The molecule has 6 nitrogen and oxygen atoms in total. The van der Waals surface area contributed by atoms with Crippen LogP contribution < -0.4 is 10.2 Å². The van der Waals surface area contributed by atoms with E-state index in [1.54, 1.807) is 12.3 Å². The van der Waals surface area contributed by atoms with Crippen LogP contribution in [0.5, 0.6) is 0 Å². The van der Waals surface area contributed by atoms with Crippen LogP contribution in [-0.4, -0.2) is 28.6 Å². The van der Waals surface area contributed by atoms with Gasteiger partial charge in [0, 0.05) is 17.3 Å². The fourth-order valence-electron chi connectivity index (χ4n) is 4.65. The Labute approximate surface area is 213 Å². The van der Waals surface area contributed by atoms with Crippen LogP contribution in [0.15, 0.2) is 126 Å². The van der Waals surface area contributed by atoms with E-state index in [-0.39, 0.29) is 11.8 Å². The molecule has 0 saturated heterocycles. The molecule has 2 amide bonds. The number of nitrogens with one attached hydrogen (secondary N) is 1. The number of fused-ring (bicyclic) bond motifs is 2. The van der Waals surface area contributed by atoms with Gasteiger partial charge in [0.15, 0.2) is 6.04 Å². The van der Waals surface area contributed by atoms with Gasteiger partial charge in [0.25, 0.3) is 11.8 Å². The van der Waals surface area contributed by atoms with Crippen LogP contribution in [0, 0.1) is 0 Å². The first-order valence-corrected chi connectivity index (χ1v) is 12.0. The zero-order valence-electron chi connectivity index (χ0n) is 19.8. The van der Waals surface area contributed by atoms with Crippen molar-refractivity contribution in [3.8, 4) is 0 Å². The van der Waals surface area contributed by atoms with Gasteiger partial charge in [0.05, 0.1) is 28.2 Å². The highest BCUT2D eigenvalue weighted by molar-refractivity contribution is 6.29. The zero-order chi connectivity index (χ0) is 25.2. The summed E-state index contributed by atoms with van der Waals surface area (Å²) in [4.78, 5) is 39.3. The van der Waals surface area contributed by atoms with Gasteiger partial charge in [0.1, 0.15) is 0 Å². The van der Waals surface area contributed by atoms with Gasteiger partial charge in [-0.05, 0) is 42.0 Å². The summed E-state index contributed by atoms with van der Waals surface area (Å²) in [5.74, 6) is -0.664. The van der Waals surface area contributed by atoms with E-state index in [1.165, 1.54) is 4.90 Å². The first-order valence-electron chi connectivity index (χ1n) is 12.0. The fraction of sp³-hybridized carbons (Fsp3) is 0.0323. The van der Waals surface area contributed by atoms with E-state index in [4.69, 9.17) is 4.99 Å². The summed E-state index contributed by atoms with van der Waals surface area (Å²) < 4.78 is 0. The highest BCUT2D eigenvalue weighted by atomic mass is 16.2. The van der Waals surface area contributed by atoms with Crippen LogP contribution >= 0.6 is 0 Å². The standard InChI is InChI=1S/C31H22N4O2/c36-30-29(28(21-11-3-1-4-12-21)33-26-17-9-10-18-27(26)34-30)35(22-13-5-2-6-14-22)31(37)24-19-20-32-25-16-8-7-15-23(24)25/h1-20,29H,(H,34,36). The van der Waals surface area contributed by atoms with Crippen LogP contribution in [0.25, 0.3) is 10.9 Å². The van der Waals surface area contributed by atoms with Crippen molar-refractivity contribution in [2.75, 3.05) is 10.2 Å². The zero-order valence-corrected chi connectivity index (χ0v) is 19.8. The number of carbonyl (C=O) groups is 2. The van der Waals surface area contributed by atoms with Crippen molar-refractivity contribution in [2.24, 2.45) is 4.99 Å². The SMILES string of the molecule is O=C1Nc2ccccc2N=C(c2ccccc2)C1N(C(=O)c1ccnc2ccccc12)c1ccccc1. The number of pyridine rings is 1. The van der Waals surface area contributed by atoms with Gasteiger partial charge < -0.3 is 5.32 Å². The van der Waals surface area contributed by atoms with Gasteiger partial charge in [0.2, 0.25) is 0 Å². The molecule has 37 heavy (non-hydrogen) atoms. The predicted octanol–water partition coefficient (Wildman–Crippen LogP) is 6.02. The molecule has 2 heterocycles. The van der Waals surface area contributed by atoms with Crippen molar-refractivity contribution >= 4 is 45.5 Å². The Hall–Kier alpha value is -5.10. The molecule has 0 spiro atoms. The van der Waals surface area contributed by atoms with Crippen LogP contribution in [0.4, 0.5) is 17.1 Å². The number of benzene rings is 4. The van der Waals surface area contributed by atoms with Crippen molar-refractivity contribution in [1.82, 2.24) is 4.98 Å². The summed E-state index contributed by atoms with van der Waals surface area (Å²) >= 11 is 0. The lowest BCUT2D eigenvalue weighted by Crippen LogP contribution is -2.52. The number of aliphatic imine (C=N–C) groups is 1. The second-order valence-electron chi connectivity index (χ2n) is 8.66. The number of carbonyl (C=O) groups excluding carboxylic acids is 2. The highest BCUT2D eigenvalue weighted by Gasteiger charge is 2.38. The third-order valence-corrected chi connectivity index (χ3v) is 6.37. The monoisotopic (exact) mass is 482 g/mol. The van der Waals surface area contributed by atoms with E-state index in [0.29, 0.717) is 39.2 Å². The molecule has 0 aliphatic carbocycles. The third kappa shape index (κ3) is 4.15. The Morgan fingerprint density at radius 3 is 2.24 bits per heavy atom. The number of nitrogens with zero attached hydrogens (tertiary/aromatic N) is 3. The quantitative estimate of drug-likeness (QED) is 0.340. The van der Waals surface area contributed by atoms with E-state index in [0.717, 1.165) is 5.56 Å². The third-order valence-electron chi connectivity index (χ3n) is 6.37. The molecule has 0 radical (unpaired) electrons. The molecule has 1 atom stereocenters. The summed E-state index contributed by atoms with van der Waals surface area (Å²) in [7, 11) is 0. The van der Waals surface area contributed by atoms with E-state index in [1.807, 2.05) is 109 Å². The topological polar surface area (TPSA) is 74.7 Å². The highest BCUT2D eigenvalue weighted by Crippen LogP contribution is 2.33. The minimum atomic E-state index is -1.03. The number of hydrogen-bond acceptors (Lipinski definition) is 4. The molecule has 178 valence electrons. The molecule has 0 bridgehead atoms. The van der Waals surface area contributed by atoms with Crippen molar-refractivity contribution < 1.29 is 9.59 Å². The number of anilines is 2. The van der Waals surface area contributed by atoms with Gasteiger partial charge in [-0.1, -0.05) is 78.9 Å². The molecule has 5 aromatic rings. The molecule has 6 rings (SSSR count). The molecular formula is C31H22N4O2. The number of amides is 2. The fourth-order valence-corrected chi connectivity index (χ4v) is 4.65. The van der Waals surface area contributed by atoms with Gasteiger partial charge in [-0.15, -0.1) is 0 Å². The minimum Gasteiger partial charge on any atom is -0.322 e. The Balaban J connectivity index is 1.59. The largest absolute Gasteiger partial charge is 0.322 e. The lowest BCUT2D eigenvalue weighted by molar-refractivity contribution is -0.116. The van der Waals surface area contributed by atoms with Crippen LogP contribution in [0.3, 0.4) is 0 Å². The average molecular weight is 483 g/mol. The molecule has 0 fully saturated rings. The van der Waals surface area contributed by atoms with E-state index in [9.17, 15) is 9.59 Å². The van der Waals surface area contributed by atoms with Crippen molar-refractivity contribution in [1.29, 1.82) is 0 Å². The van der Waals surface area contributed by atoms with Crippen LogP contribution in [0.2, 0.25) is 0 Å². The maximum atomic E-state index is 14.4. The second kappa shape index (κ2) is 9.51. The first-order chi connectivity index (χ1) is 18.2. The Morgan fingerprint density at radius 2 is 1.43 bits per heavy atom. The first kappa shape index (κ1) is 22.4. The number of hydrogen-bond donors (Lipinski definition) is 1. The van der Waals surface area contributed by atoms with Crippen molar-refractivity contribution in [3.63, 3.8) is 0 Å². The normalized spacial score (nSPS) is 14.8. The number of para-hydroxylation sites is 4. The molecular weight excluding hydrogens is 460 g/mol. The molecule has 1 aliphatic heterocycles. The van der Waals surface area contributed by atoms with Crippen LogP contribution in [0.1, 0.15) is 15.9 Å². The maximum absolute atomic E-state index is 14.4. The Kier molecular flexibility index (Phi) is 5.75. The molecule has 1 aliphatic rings. The van der Waals surface area contributed by atoms with E-state index >= 15 is 0 Å². The van der Waals surface area contributed by atoms with Gasteiger partial charge >= 0.3 is 0 Å². The number of aromatic nitrogens is 1.